The van der Waals surface area contributed by atoms with Gasteiger partial charge in [0.15, 0.2) is 0 Å². The molecule has 5 heteroatoms. The SMILES string of the molecule is CCCCCCC(C)(NC(=O)C1CCOCC1)C(=O)OCC. The molecule has 1 saturated heterocycles. The highest BCUT2D eigenvalue weighted by Gasteiger charge is 2.37. The zero-order chi connectivity index (χ0) is 16.4. The number of carbonyl (C=O) groups excluding carboxylic acids is 2. The van der Waals surface area contributed by atoms with Gasteiger partial charge in [-0.25, -0.2) is 4.79 Å². The Hall–Kier alpha value is -1.10. The number of unbranched alkanes of at least 4 members (excludes halogenated alkanes) is 3. The van der Waals surface area contributed by atoms with Crippen molar-refractivity contribution in [2.45, 2.75) is 71.3 Å². The molecular weight excluding hydrogens is 282 g/mol. The van der Waals surface area contributed by atoms with Crippen LogP contribution in [-0.2, 0) is 19.1 Å². The van der Waals surface area contributed by atoms with Crippen molar-refractivity contribution in [3.8, 4) is 0 Å². The Bertz CT molecular complexity index is 353. The van der Waals surface area contributed by atoms with Gasteiger partial charge in [-0.1, -0.05) is 32.6 Å². The Morgan fingerprint density at radius 2 is 1.86 bits per heavy atom. The Morgan fingerprint density at radius 3 is 2.45 bits per heavy atom. The molecular formula is C17H31NO4. The minimum atomic E-state index is -0.918. The van der Waals surface area contributed by atoms with E-state index in [1.165, 1.54) is 0 Å². The molecule has 0 aromatic heterocycles. The third-order valence-electron chi connectivity index (χ3n) is 4.25. The fraction of sp³-hybridized carbons (Fsp3) is 0.882. The summed E-state index contributed by atoms with van der Waals surface area (Å²) in [5.74, 6) is -0.431. The molecule has 5 nitrogen and oxygen atoms in total. The van der Waals surface area contributed by atoms with Crippen LogP contribution in [0.15, 0.2) is 0 Å². The van der Waals surface area contributed by atoms with E-state index >= 15 is 0 Å². The van der Waals surface area contributed by atoms with Crippen LogP contribution < -0.4 is 5.32 Å². The summed E-state index contributed by atoms with van der Waals surface area (Å²) in [5, 5.41) is 2.96. The minimum Gasteiger partial charge on any atom is -0.464 e. The lowest BCUT2D eigenvalue weighted by molar-refractivity contribution is -0.154. The molecule has 0 aliphatic carbocycles. The summed E-state index contributed by atoms with van der Waals surface area (Å²) in [7, 11) is 0. The number of hydrogen-bond donors (Lipinski definition) is 1. The first-order valence-corrected chi connectivity index (χ1v) is 8.60. The molecule has 1 amide bonds. The lowest BCUT2D eigenvalue weighted by Crippen LogP contribution is -2.55. The molecule has 0 saturated carbocycles. The molecule has 0 aromatic rings. The summed E-state index contributed by atoms with van der Waals surface area (Å²) in [5.41, 5.74) is -0.918. The van der Waals surface area contributed by atoms with Crippen LogP contribution in [0.5, 0.6) is 0 Å². The second-order valence-corrected chi connectivity index (χ2v) is 6.24. The Balaban J connectivity index is 2.62. The predicted octanol–water partition coefficient (Wildman–Crippen LogP) is 2.82. The standard InChI is InChI=1S/C17H31NO4/c1-4-6-7-8-11-17(3,16(20)22-5-2)18-15(19)14-9-12-21-13-10-14/h14H,4-13H2,1-3H3,(H,18,19). The third-order valence-corrected chi connectivity index (χ3v) is 4.25. The molecule has 1 rings (SSSR count). The van der Waals surface area contributed by atoms with Gasteiger partial charge in [0.1, 0.15) is 5.54 Å². The smallest absolute Gasteiger partial charge is 0.331 e. The van der Waals surface area contributed by atoms with Crippen LogP contribution in [0.1, 0.15) is 65.7 Å². The number of esters is 1. The van der Waals surface area contributed by atoms with Crippen LogP contribution in [0, 0.1) is 5.92 Å². The second-order valence-electron chi connectivity index (χ2n) is 6.24. The normalized spacial score (nSPS) is 18.5. The highest BCUT2D eigenvalue weighted by Crippen LogP contribution is 2.21. The van der Waals surface area contributed by atoms with Crippen molar-refractivity contribution in [3.63, 3.8) is 0 Å². The van der Waals surface area contributed by atoms with Crippen LogP contribution in [0.3, 0.4) is 0 Å². The maximum atomic E-state index is 12.4. The van der Waals surface area contributed by atoms with E-state index in [-0.39, 0.29) is 17.8 Å². The van der Waals surface area contributed by atoms with Gasteiger partial charge in [0.05, 0.1) is 6.61 Å². The van der Waals surface area contributed by atoms with Crippen LogP contribution in [0.2, 0.25) is 0 Å². The zero-order valence-corrected chi connectivity index (χ0v) is 14.3. The van der Waals surface area contributed by atoms with Gasteiger partial charge in [0, 0.05) is 19.1 Å². The average molecular weight is 313 g/mol. The van der Waals surface area contributed by atoms with Gasteiger partial charge in [0.25, 0.3) is 0 Å². The fourth-order valence-electron chi connectivity index (χ4n) is 2.75. The molecule has 0 spiro atoms. The predicted molar refractivity (Wildman–Crippen MR) is 85.5 cm³/mol. The highest BCUT2D eigenvalue weighted by atomic mass is 16.5. The summed E-state index contributed by atoms with van der Waals surface area (Å²) >= 11 is 0. The van der Waals surface area contributed by atoms with Gasteiger partial charge in [-0.2, -0.15) is 0 Å². The van der Waals surface area contributed by atoms with Crippen molar-refractivity contribution in [1.29, 1.82) is 0 Å². The van der Waals surface area contributed by atoms with Crippen molar-refractivity contribution in [2.24, 2.45) is 5.92 Å². The quantitative estimate of drug-likeness (QED) is 0.525. The number of rotatable bonds is 9. The van der Waals surface area contributed by atoms with E-state index in [1.54, 1.807) is 13.8 Å². The lowest BCUT2D eigenvalue weighted by atomic mass is 9.91. The third kappa shape index (κ3) is 5.95. The van der Waals surface area contributed by atoms with Gasteiger partial charge in [-0.05, 0) is 33.1 Å². The molecule has 1 heterocycles. The number of hydrogen-bond acceptors (Lipinski definition) is 4. The van der Waals surface area contributed by atoms with Crippen molar-refractivity contribution >= 4 is 11.9 Å². The Morgan fingerprint density at radius 1 is 1.18 bits per heavy atom. The molecule has 1 unspecified atom stereocenters. The van der Waals surface area contributed by atoms with Gasteiger partial charge >= 0.3 is 5.97 Å². The zero-order valence-electron chi connectivity index (χ0n) is 14.3. The number of amides is 1. The van der Waals surface area contributed by atoms with E-state index in [4.69, 9.17) is 9.47 Å². The van der Waals surface area contributed by atoms with Crippen LogP contribution in [-0.4, -0.2) is 37.2 Å². The topological polar surface area (TPSA) is 64.6 Å². The van der Waals surface area contributed by atoms with Crippen LogP contribution in [0.25, 0.3) is 0 Å². The number of carbonyl (C=O) groups is 2. The highest BCUT2D eigenvalue weighted by molar-refractivity contribution is 5.88. The van der Waals surface area contributed by atoms with E-state index in [9.17, 15) is 9.59 Å². The Kier molecular flexibility index (Phi) is 8.46. The van der Waals surface area contributed by atoms with Gasteiger partial charge in [-0.15, -0.1) is 0 Å². The first kappa shape index (κ1) is 18.9. The molecule has 0 radical (unpaired) electrons. The second kappa shape index (κ2) is 9.82. The number of nitrogens with one attached hydrogen (secondary N) is 1. The molecule has 1 atom stereocenters. The van der Waals surface area contributed by atoms with Gasteiger partial charge < -0.3 is 14.8 Å². The molecule has 1 fully saturated rings. The number of ether oxygens (including phenoxy) is 2. The van der Waals surface area contributed by atoms with E-state index < -0.39 is 5.54 Å². The first-order chi connectivity index (χ1) is 10.5. The van der Waals surface area contributed by atoms with Crippen molar-refractivity contribution in [1.82, 2.24) is 5.32 Å². The molecule has 128 valence electrons. The fourth-order valence-corrected chi connectivity index (χ4v) is 2.75. The molecule has 22 heavy (non-hydrogen) atoms. The van der Waals surface area contributed by atoms with Crippen LogP contribution in [0.4, 0.5) is 0 Å². The van der Waals surface area contributed by atoms with Crippen molar-refractivity contribution in [3.05, 3.63) is 0 Å². The van der Waals surface area contributed by atoms with E-state index in [1.807, 2.05) is 0 Å². The molecule has 0 bridgehead atoms. The molecule has 1 aliphatic rings. The van der Waals surface area contributed by atoms with Gasteiger partial charge in [-0.3, -0.25) is 4.79 Å². The Labute approximate surface area is 134 Å². The molecule has 0 aromatic carbocycles. The maximum Gasteiger partial charge on any atom is 0.331 e. The van der Waals surface area contributed by atoms with Gasteiger partial charge in [0.2, 0.25) is 5.91 Å². The maximum absolute atomic E-state index is 12.4. The summed E-state index contributed by atoms with van der Waals surface area (Å²) in [6, 6.07) is 0. The van der Waals surface area contributed by atoms with Crippen LogP contribution >= 0.6 is 0 Å². The monoisotopic (exact) mass is 313 g/mol. The summed E-state index contributed by atoms with van der Waals surface area (Å²) in [6.07, 6.45) is 6.34. The van der Waals surface area contributed by atoms with Crippen molar-refractivity contribution in [2.75, 3.05) is 19.8 Å². The van der Waals surface area contributed by atoms with E-state index in [0.29, 0.717) is 26.2 Å². The van der Waals surface area contributed by atoms with E-state index in [2.05, 4.69) is 12.2 Å². The molecule has 1 aliphatic heterocycles. The average Bonchev–Trinajstić information content (AvgIpc) is 2.52. The summed E-state index contributed by atoms with van der Waals surface area (Å²) < 4.78 is 10.5. The first-order valence-electron chi connectivity index (χ1n) is 8.60. The summed E-state index contributed by atoms with van der Waals surface area (Å²) in [6.45, 7) is 7.28. The minimum absolute atomic E-state index is 0.0469. The van der Waals surface area contributed by atoms with E-state index in [0.717, 1.165) is 38.5 Å². The van der Waals surface area contributed by atoms with Crippen molar-refractivity contribution < 1.29 is 19.1 Å². The molecule has 1 N–H and O–H groups in total. The lowest BCUT2D eigenvalue weighted by Gasteiger charge is -2.31. The summed E-state index contributed by atoms with van der Waals surface area (Å²) in [4.78, 5) is 24.7. The largest absolute Gasteiger partial charge is 0.464 e.